The summed E-state index contributed by atoms with van der Waals surface area (Å²) in [5.74, 6) is -0.0901. The van der Waals surface area contributed by atoms with Crippen molar-refractivity contribution in [3.8, 4) is 0 Å². The molecule has 15 heavy (non-hydrogen) atoms. The van der Waals surface area contributed by atoms with Gasteiger partial charge in [-0.3, -0.25) is 4.79 Å². The van der Waals surface area contributed by atoms with Gasteiger partial charge in [0.15, 0.2) is 0 Å². The van der Waals surface area contributed by atoms with E-state index in [-0.39, 0.29) is 11.9 Å². The van der Waals surface area contributed by atoms with Crippen LogP contribution in [0.15, 0.2) is 13.6 Å². The van der Waals surface area contributed by atoms with E-state index in [1.807, 2.05) is 6.92 Å². The average molecular weight is 356 g/mol. The first-order valence-electron chi connectivity index (χ1n) is 4.53. The Morgan fingerprint density at radius 2 is 2.33 bits per heavy atom. The molecule has 3 N–H and O–H groups in total. The molecule has 1 rings (SSSR count). The van der Waals surface area contributed by atoms with Gasteiger partial charge in [-0.1, -0.05) is 6.92 Å². The number of nitrogens with one attached hydrogen (secondary N) is 1. The highest BCUT2D eigenvalue weighted by molar-refractivity contribution is 9.12. The molecule has 1 atom stereocenters. The van der Waals surface area contributed by atoms with Gasteiger partial charge in [0, 0.05) is 12.6 Å². The van der Waals surface area contributed by atoms with Crippen LogP contribution >= 0.6 is 43.2 Å². The van der Waals surface area contributed by atoms with Crippen LogP contribution in [0.25, 0.3) is 0 Å². The highest BCUT2D eigenvalue weighted by Gasteiger charge is 2.13. The molecule has 0 aliphatic carbocycles. The van der Waals surface area contributed by atoms with Gasteiger partial charge in [-0.15, -0.1) is 11.3 Å². The van der Waals surface area contributed by atoms with Crippen LogP contribution in [-0.2, 0) is 0 Å². The summed E-state index contributed by atoms with van der Waals surface area (Å²) < 4.78 is 1.76. The average Bonchev–Trinajstić information content (AvgIpc) is 2.53. The summed E-state index contributed by atoms with van der Waals surface area (Å²) >= 11 is 8.15. The van der Waals surface area contributed by atoms with E-state index in [1.165, 1.54) is 11.3 Å². The molecule has 1 amide bonds. The molecule has 0 aliphatic rings. The molecule has 1 heterocycles. The Morgan fingerprint density at radius 1 is 1.67 bits per heavy atom. The first-order valence-corrected chi connectivity index (χ1v) is 6.93. The predicted octanol–water partition coefficient (Wildman–Crippen LogP) is 2.74. The topological polar surface area (TPSA) is 55.1 Å². The molecule has 0 saturated heterocycles. The Bertz CT molecular complexity index is 354. The van der Waals surface area contributed by atoms with E-state index in [9.17, 15) is 4.79 Å². The van der Waals surface area contributed by atoms with Gasteiger partial charge >= 0.3 is 0 Å². The lowest BCUT2D eigenvalue weighted by Gasteiger charge is -2.09. The fourth-order valence-corrected chi connectivity index (χ4v) is 3.75. The van der Waals surface area contributed by atoms with Gasteiger partial charge in [-0.05, 0) is 44.3 Å². The zero-order chi connectivity index (χ0) is 11.4. The summed E-state index contributed by atoms with van der Waals surface area (Å²) in [4.78, 5) is 11.7. The van der Waals surface area contributed by atoms with E-state index in [2.05, 4.69) is 37.2 Å². The molecule has 0 saturated carbocycles. The SMILES string of the molecule is CCC(N)CNC(=O)c1cc(Br)sc1Br. The zero-order valence-electron chi connectivity index (χ0n) is 8.22. The van der Waals surface area contributed by atoms with Gasteiger partial charge in [0.1, 0.15) is 0 Å². The van der Waals surface area contributed by atoms with Crippen molar-refractivity contribution in [1.29, 1.82) is 0 Å². The van der Waals surface area contributed by atoms with E-state index in [4.69, 9.17) is 5.73 Å². The number of amides is 1. The second-order valence-electron chi connectivity index (χ2n) is 3.12. The predicted molar refractivity (Wildman–Crippen MR) is 70.3 cm³/mol. The molecule has 1 aromatic heterocycles. The quantitative estimate of drug-likeness (QED) is 0.872. The Labute approximate surface area is 110 Å². The zero-order valence-corrected chi connectivity index (χ0v) is 12.2. The van der Waals surface area contributed by atoms with Crippen LogP contribution in [0.5, 0.6) is 0 Å². The molecule has 0 radical (unpaired) electrons. The summed E-state index contributed by atoms with van der Waals surface area (Å²) in [6.45, 7) is 2.50. The van der Waals surface area contributed by atoms with Gasteiger partial charge in [0.25, 0.3) is 5.91 Å². The molecule has 0 bridgehead atoms. The summed E-state index contributed by atoms with van der Waals surface area (Å²) in [5, 5.41) is 2.80. The van der Waals surface area contributed by atoms with Crippen molar-refractivity contribution in [3.05, 3.63) is 19.2 Å². The third-order valence-electron chi connectivity index (χ3n) is 1.95. The van der Waals surface area contributed by atoms with Gasteiger partial charge in [-0.2, -0.15) is 0 Å². The first-order chi connectivity index (χ1) is 7.04. The highest BCUT2D eigenvalue weighted by Crippen LogP contribution is 2.31. The number of nitrogens with two attached hydrogens (primary N) is 1. The third-order valence-corrected chi connectivity index (χ3v) is 4.29. The molecule has 3 nitrogen and oxygen atoms in total. The van der Waals surface area contributed by atoms with E-state index >= 15 is 0 Å². The van der Waals surface area contributed by atoms with Crippen molar-refractivity contribution >= 4 is 49.1 Å². The standard InChI is InChI=1S/C9H12Br2N2OS/c1-2-5(12)4-13-9(14)6-3-7(10)15-8(6)11/h3,5H,2,4,12H2,1H3,(H,13,14). The van der Waals surface area contributed by atoms with Gasteiger partial charge < -0.3 is 11.1 Å². The summed E-state index contributed by atoms with van der Waals surface area (Å²) in [7, 11) is 0. The number of halogens is 2. The largest absolute Gasteiger partial charge is 0.350 e. The highest BCUT2D eigenvalue weighted by atomic mass is 79.9. The molecule has 0 spiro atoms. The lowest BCUT2D eigenvalue weighted by Crippen LogP contribution is -2.36. The molecule has 1 unspecified atom stereocenters. The Hall–Kier alpha value is 0.0900. The van der Waals surface area contributed by atoms with E-state index in [0.717, 1.165) is 14.0 Å². The molecular formula is C9H12Br2N2OS. The summed E-state index contributed by atoms with van der Waals surface area (Å²) in [6, 6.07) is 1.82. The Morgan fingerprint density at radius 3 is 2.80 bits per heavy atom. The van der Waals surface area contributed by atoms with Crippen molar-refractivity contribution in [2.45, 2.75) is 19.4 Å². The minimum atomic E-state index is -0.0901. The minimum absolute atomic E-state index is 0.0230. The Kier molecular flexibility index (Phi) is 5.25. The van der Waals surface area contributed by atoms with Crippen LogP contribution in [0, 0.1) is 0 Å². The molecule has 0 fully saturated rings. The van der Waals surface area contributed by atoms with Crippen molar-refractivity contribution in [2.75, 3.05) is 6.54 Å². The van der Waals surface area contributed by atoms with Crippen molar-refractivity contribution in [3.63, 3.8) is 0 Å². The van der Waals surface area contributed by atoms with Crippen LogP contribution in [0.1, 0.15) is 23.7 Å². The smallest absolute Gasteiger partial charge is 0.253 e. The second-order valence-corrected chi connectivity index (χ2v) is 6.87. The molecule has 0 aromatic carbocycles. The lowest BCUT2D eigenvalue weighted by atomic mass is 10.2. The fourth-order valence-electron chi connectivity index (χ4n) is 0.958. The first kappa shape index (κ1) is 13.2. The molecule has 84 valence electrons. The molecular weight excluding hydrogens is 344 g/mol. The van der Waals surface area contributed by atoms with Crippen LogP contribution in [0.2, 0.25) is 0 Å². The van der Waals surface area contributed by atoms with E-state index in [1.54, 1.807) is 6.07 Å². The number of carbonyl (C=O) groups excluding carboxylic acids is 1. The maximum Gasteiger partial charge on any atom is 0.253 e. The fraction of sp³-hybridized carbons (Fsp3) is 0.444. The number of hydrogen-bond donors (Lipinski definition) is 2. The van der Waals surface area contributed by atoms with E-state index in [0.29, 0.717) is 12.1 Å². The van der Waals surface area contributed by atoms with Crippen molar-refractivity contribution in [1.82, 2.24) is 5.32 Å². The number of carbonyl (C=O) groups is 1. The summed E-state index contributed by atoms with van der Waals surface area (Å²) in [6.07, 6.45) is 0.856. The van der Waals surface area contributed by atoms with Crippen LogP contribution in [0.4, 0.5) is 0 Å². The number of hydrogen-bond acceptors (Lipinski definition) is 3. The molecule has 1 aromatic rings. The Balaban J connectivity index is 2.58. The van der Waals surface area contributed by atoms with Crippen LogP contribution in [0.3, 0.4) is 0 Å². The van der Waals surface area contributed by atoms with Crippen LogP contribution < -0.4 is 11.1 Å². The minimum Gasteiger partial charge on any atom is -0.350 e. The van der Waals surface area contributed by atoms with Gasteiger partial charge in [0.2, 0.25) is 0 Å². The molecule has 6 heteroatoms. The van der Waals surface area contributed by atoms with E-state index < -0.39 is 0 Å². The maximum absolute atomic E-state index is 11.7. The maximum atomic E-state index is 11.7. The van der Waals surface area contributed by atoms with Gasteiger partial charge in [0.05, 0.1) is 13.1 Å². The van der Waals surface area contributed by atoms with Crippen molar-refractivity contribution in [2.24, 2.45) is 5.73 Å². The summed E-state index contributed by atoms with van der Waals surface area (Å²) in [5.41, 5.74) is 6.36. The number of rotatable bonds is 4. The van der Waals surface area contributed by atoms with Gasteiger partial charge in [-0.25, -0.2) is 0 Å². The third kappa shape index (κ3) is 3.86. The second kappa shape index (κ2) is 5.98. The monoisotopic (exact) mass is 354 g/mol. The van der Waals surface area contributed by atoms with Crippen molar-refractivity contribution < 1.29 is 4.79 Å². The normalized spacial score (nSPS) is 12.5. The van der Waals surface area contributed by atoms with Crippen LogP contribution in [-0.4, -0.2) is 18.5 Å². The number of thiophene rings is 1. The lowest BCUT2D eigenvalue weighted by molar-refractivity contribution is 0.0950. The molecule has 0 aliphatic heterocycles.